The molecule has 1 saturated carbocycles. The van der Waals surface area contributed by atoms with Crippen molar-refractivity contribution in [3.63, 3.8) is 0 Å². The van der Waals surface area contributed by atoms with E-state index in [4.69, 9.17) is 0 Å². The van der Waals surface area contributed by atoms with E-state index in [2.05, 4.69) is 32.9 Å². The minimum Gasteiger partial charge on any atom is -0.294 e. The molecule has 0 spiro atoms. The molecule has 0 saturated heterocycles. The predicted octanol–water partition coefficient (Wildman–Crippen LogP) is 4.37. The second-order valence-electron chi connectivity index (χ2n) is 5.47. The van der Waals surface area contributed by atoms with Crippen molar-refractivity contribution in [2.75, 3.05) is 0 Å². The molecule has 1 aliphatic carbocycles. The molecule has 0 N–H and O–H groups in total. The summed E-state index contributed by atoms with van der Waals surface area (Å²) in [7, 11) is 0. The van der Waals surface area contributed by atoms with Gasteiger partial charge in [0.1, 0.15) is 0 Å². The van der Waals surface area contributed by atoms with Gasteiger partial charge in [0.2, 0.25) is 0 Å². The van der Waals surface area contributed by atoms with Crippen molar-refractivity contribution in [2.45, 2.75) is 52.9 Å². The quantitative estimate of drug-likeness (QED) is 0.689. The molecule has 1 aromatic rings. The van der Waals surface area contributed by atoms with E-state index in [9.17, 15) is 4.79 Å². The van der Waals surface area contributed by atoms with E-state index in [1.165, 1.54) is 24.8 Å². The number of hydrogen-bond donors (Lipinski definition) is 0. The third-order valence-corrected chi connectivity index (χ3v) is 3.90. The number of Topliss-reactive ketones (excluding diaryl/α,β-unsaturated/α-hetero) is 1. The first-order valence-electron chi connectivity index (χ1n) is 6.71. The minimum atomic E-state index is 0.281. The Hall–Kier alpha value is -1.11. The highest BCUT2D eigenvalue weighted by Crippen LogP contribution is 2.29. The van der Waals surface area contributed by atoms with Crippen LogP contribution in [0, 0.1) is 26.7 Å². The Morgan fingerprint density at radius 3 is 2.06 bits per heavy atom. The number of rotatable bonds is 2. The lowest BCUT2D eigenvalue weighted by Gasteiger charge is -2.22. The molecule has 1 fully saturated rings. The van der Waals surface area contributed by atoms with E-state index in [0.717, 1.165) is 29.5 Å². The van der Waals surface area contributed by atoms with Gasteiger partial charge in [-0.3, -0.25) is 4.79 Å². The number of ketones is 1. The van der Waals surface area contributed by atoms with Crippen molar-refractivity contribution in [3.8, 4) is 0 Å². The molecule has 0 atom stereocenters. The average molecular weight is 230 g/mol. The minimum absolute atomic E-state index is 0.281. The Balaban J connectivity index is 2.30. The molecule has 0 aromatic heterocycles. The molecule has 1 aliphatic rings. The van der Waals surface area contributed by atoms with Crippen LogP contribution in [0.15, 0.2) is 12.1 Å². The van der Waals surface area contributed by atoms with Gasteiger partial charge < -0.3 is 0 Å². The maximum Gasteiger partial charge on any atom is 0.166 e. The number of benzene rings is 1. The van der Waals surface area contributed by atoms with E-state index in [1.54, 1.807) is 0 Å². The molecule has 0 heterocycles. The zero-order valence-corrected chi connectivity index (χ0v) is 11.2. The monoisotopic (exact) mass is 230 g/mol. The van der Waals surface area contributed by atoms with Crippen LogP contribution < -0.4 is 0 Å². The van der Waals surface area contributed by atoms with Gasteiger partial charge in [0, 0.05) is 11.5 Å². The molecule has 0 radical (unpaired) electrons. The Morgan fingerprint density at radius 2 is 1.53 bits per heavy atom. The Labute approximate surface area is 104 Å². The topological polar surface area (TPSA) is 17.1 Å². The molecular weight excluding hydrogens is 208 g/mol. The van der Waals surface area contributed by atoms with Gasteiger partial charge >= 0.3 is 0 Å². The fourth-order valence-electron chi connectivity index (χ4n) is 3.14. The first-order valence-corrected chi connectivity index (χ1v) is 6.71. The fourth-order valence-corrected chi connectivity index (χ4v) is 3.14. The van der Waals surface area contributed by atoms with E-state index >= 15 is 0 Å². The van der Waals surface area contributed by atoms with Crippen LogP contribution in [-0.4, -0.2) is 5.78 Å². The molecule has 0 amide bonds. The second-order valence-corrected chi connectivity index (χ2v) is 5.47. The maximum absolute atomic E-state index is 12.6. The van der Waals surface area contributed by atoms with Crippen molar-refractivity contribution < 1.29 is 4.79 Å². The number of hydrogen-bond acceptors (Lipinski definition) is 1. The number of aryl methyl sites for hydroxylation is 3. The number of carbonyl (C=O) groups is 1. The van der Waals surface area contributed by atoms with Crippen LogP contribution in [0.3, 0.4) is 0 Å². The van der Waals surface area contributed by atoms with Crippen LogP contribution >= 0.6 is 0 Å². The normalized spacial score (nSPS) is 17.1. The fraction of sp³-hybridized carbons (Fsp3) is 0.562. The highest BCUT2D eigenvalue weighted by atomic mass is 16.1. The molecule has 1 nitrogen and oxygen atoms in total. The Bertz CT molecular complexity index is 402. The van der Waals surface area contributed by atoms with Crippen molar-refractivity contribution in [1.82, 2.24) is 0 Å². The molecule has 17 heavy (non-hydrogen) atoms. The maximum atomic E-state index is 12.6. The van der Waals surface area contributed by atoms with Crippen LogP contribution in [0.2, 0.25) is 0 Å². The van der Waals surface area contributed by atoms with Crippen LogP contribution in [0.1, 0.15) is 59.2 Å². The Morgan fingerprint density at radius 1 is 1.00 bits per heavy atom. The summed E-state index contributed by atoms with van der Waals surface area (Å²) < 4.78 is 0. The SMILES string of the molecule is Cc1cc(C)c(C(=O)C2CCCCC2)c(C)c1. The summed E-state index contributed by atoms with van der Waals surface area (Å²) in [5, 5.41) is 0. The third kappa shape index (κ3) is 2.59. The lowest BCUT2D eigenvalue weighted by Crippen LogP contribution is -2.19. The lowest BCUT2D eigenvalue weighted by atomic mass is 9.81. The zero-order chi connectivity index (χ0) is 12.4. The predicted molar refractivity (Wildman–Crippen MR) is 71.6 cm³/mol. The van der Waals surface area contributed by atoms with E-state index in [0.29, 0.717) is 5.78 Å². The zero-order valence-electron chi connectivity index (χ0n) is 11.2. The van der Waals surface area contributed by atoms with Crippen molar-refractivity contribution >= 4 is 5.78 Å². The molecule has 0 unspecified atom stereocenters. The summed E-state index contributed by atoms with van der Waals surface area (Å²) in [6, 6.07) is 4.26. The van der Waals surface area contributed by atoms with Gasteiger partial charge in [-0.05, 0) is 44.7 Å². The standard InChI is InChI=1S/C16H22O/c1-11-9-12(2)15(13(3)10-11)16(17)14-7-5-4-6-8-14/h9-10,14H,4-8H2,1-3H3. The summed E-state index contributed by atoms with van der Waals surface area (Å²) >= 11 is 0. The van der Waals surface area contributed by atoms with E-state index < -0.39 is 0 Å². The molecule has 1 aromatic carbocycles. The van der Waals surface area contributed by atoms with Crippen LogP contribution in [0.4, 0.5) is 0 Å². The largest absolute Gasteiger partial charge is 0.294 e. The molecular formula is C16H22O. The summed E-state index contributed by atoms with van der Waals surface area (Å²) in [5.41, 5.74) is 4.54. The number of carbonyl (C=O) groups excluding carboxylic acids is 1. The lowest BCUT2D eigenvalue weighted by molar-refractivity contribution is 0.0888. The second kappa shape index (κ2) is 5.03. The summed E-state index contributed by atoms with van der Waals surface area (Å²) in [6.45, 7) is 6.22. The average Bonchev–Trinajstić information content (AvgIpc) is 2.28. The van der Waals surface area contributed by atoms with Gasteiger partial charge in [-0.15, -0.1) is 0 Å². The van der Waals surface area contributed by atoms with Gasteiger partial charge in [-0.1, -0.05) is 37.0 Å². The van der Waals surface area contributed by atoms with E-state index in [-0.39, 0.29) is 5.92 Å². The summed E-state index contributed by atoms with van der Waals surface area (Å²) in [4.78, 5) is 12.6. The molecule has 0 aliphatic heterocycles. The van der Waals surface area contributed by atoms with E-state index in [1.807, 2.05) is 0 Å². The molecule has 92 valence electrons. The molecule has 0 bridgehead atoms. The van der Waals surface area contributed by atoms with Crippen molar-refractivity contribution in [3.05, 3.63) is 34.4 Å². The van der Waals surface area contributed by atoms with Gasteiger partial charge in [0.05, 0.1) is 0 Å². The highest BCUT2D eigenvalue weighted by molar-refractivity contribution is 6.00. The van der Waals surface area contributed by atoms with Crippen LogP contribution in [0.25, 0.3) is 0 Å². The third-order valence-electron chi connectivity index (χ3n) is 3.90. The first-order chi connectivity index (χ1) is 8.09. The van der Waals surface area contributed by atoms with Gasteiger partial charge in [0.15, 0.2) is 5.78 Å². The van der Waals surface area contributed by atoms with Crippen molar-refractivity contribution in [2.24, 2.45) is 5.92 Å². The smallest absolute Gasteiger partial charge is 0.166 e. The summed E-state index contributed by atoms with van der Waals surface area (Å²) in [6.07, 6.45) is 5.92. The van der Waals surface area contributed by atoms with Crippen LogP contribution in [0.5, 0.6) is 0 Å². The van der Waals surface area contributed by atoms with Gasteiger partial charge in [-0.25, -0.2) is 0 Å². The van der Waals surface area contributed by atoms with Crippen LogP contribution in [-0.2, 0) is 0 Å². The molecule has 1 heteroatoms. The highest BCUT2D eigenvalue weighted by Gasteiger charge is 2.24. The van der Waals surface area contributed by atoms with Gasteiger partial charge in [0.25, 0.3) is 0 Å². The summed E-state index contributed by atoms with van der Waals surface area (Å²) in [5.74, 6) is 0.670. The van der Waals surface area contributed by atoms with Crippen molar-refractivity contribution in [1.29, 1.82) is 0 Å². The first kappa shape index (κ1) is 12.3. The van der Waals surface area contributed by atoms with Gasteiger partial charge in [-0.2, -0.15) is 0 Å². The molecule has 2 rings (SSSR count). The Kier molecular flexibility index (Phi) is 3.66.